The fraction of sp³-hybridized carbons (Fsp3) is 0.321. The standard InChI is InChI=1S/C28H26Br2F2NO3S/c1-17(36-27(19-4-2-6-21(31)12-19)20-5-3-7-22(32)13-20)35-25-16-33(10-8-18(25)9-11-33)15-24(34)28-23(29)14-26(30)37-28/h2-7,12-14,18,25,27H,1,8-11,15-16H2/q+1/t18?,25-,33?/m0/s1. The van der Waals surface area contributed by atoms with E-state index in [1.165, 1.54) is 35.6 Å². The maximum atomic E-state index is 14.0. The Morgan fingerprint density at radius 2 is 1.68 bits per heavy atom. The molecule has 0 amide bonds. The van der Waals surface area contributed by atoms with Crippen molar-refractivity contribution >= 4 is 49.0 Å². The predicted octanol–water partition coefficient (Wildman–Crippen LogP) is 7.64. The summed E-state index contributed by atoms with van der Waals surface area (Å²) in [5, 5.41) is 0. The number of halogens is 4. The van der Waals surface area contributed by atoms with E-state index in [4.69, 9.17) is 9.47 Å². The number of carbonyl (C=O) groups is 1. The molecule has 194 valence electrons. The third-order valence-electron chi connectivity index (χ3n) is 7.27. The highest BCUT2D eigenvalue weighted by atomic mass is 79.9. The van der Waals surface area contributed by atoms with Crippen molar-refractivity contribution in [3.8, 4) is 0 Å². The molecule has 0 spiro atoms. The number of rotatable bonds is 9. The molecular weight excluding hydrogens is 628 g/mol. The van der Waals surface area contributed by atoms with Gasteiger partial charge in [-0.3, -0.25) is 4.79 Å². The zero-order valence-corrected chi connectivity index (χ0v) is 24.0. The molecule has 2 bridgehead atoms. The van der Waals surface area contributed by atoms with E-state index in [0.29, 0.717) is 34.6 Å². The maximum Gasteiger partial charge on any atom is 0.272 e. The first-order chi connectivity index (χ1) is 17.7. The molecule has 3 saturated heterocycles. The van der Waals surface area contributed by atoms with E-state index in [0.717, 1.165) is 39.1 Å². The molecule has 6 rings (SSSR count). The first-order valence-corrected chi connectivity index (χ1v) is 14.5. The van der Waals surface area contributed by atoms with Gasteiger partial charge >= 0.3 is 0 Å². The Kier molecular flexibility index (Phi) is 7.86. The summed E-state index contributed by atoms with van der Waals surface area (Å²) in [5.41, 5.74) is 1.07. The first-order valence-electron chi connectivity index (χ1n) is 12.1. The number of benzene rings is 2. The summed E-state index contributed by atoms with van der Waals surface area (Å²) in [7, 11) is 0. The largest absolute Gasteiger partial charge is 0.456 e. The van der Waals surface area contributed by atoms with Crippen molar-refractivity contribution < 1.29 is 27.5 Å². The van der Waals surface area contributed by atoms with E-state index in [1.807, 2.05) is 6.07 Å². The molecule has 1 aromatic heterocycles. The summed E-state index contributed by atoms with van der Waals surface area (Å²) in [5.74, 6) is -0.251. The SMILES string of the molecule is C=C(OC(c1cccc(F)c1)c1cccc(F)c1)O[C@H]1C[N+]2(CC(=O)c3sc(Br)cc3Br)CCC1CC2. The number of Topliss-reactive ketones (excluding diaryl/α,β-unsaturated/α-hetero) is 1. The summed E-state index contributed by atoms with van der Waals surface area (Å²) in [6.07, 6.45) is 0.983. The van der Waals surface area contributed by atoms with Crippen LogP contribution in [0.3, 0.4) is 0 Å². The number of fused-ring (bicyclic) bond motifs is 3. The molecule has 4 heterocycles. The van der Waals surface area contributed by atoms with E-state index >= 15 is 0 Å². The van der Waals surface area contributed by atoms with Crippen LogP contribution in [0.5, 0.6) is 0 Å². The quantitative estimate of drug-likeness (QED) is 0.135. The molecule has 3 aliphatic heterocycles. The minimum Gasteiger partial charge on any atom is -0.456 e. The van der Waals surface area contributed by atoms with Crippen LogP contribution in [0.1, 0.15) is 39.7 Å². The molecule has 37 heavy (non-hydrogen) atoms. The first kappa shape index (κ1) is 26.5. The topological polar surface area (TPSA) is 35.5 Å². The Labute approximate surface area is 235 Å². The zero-order chi connectivity index (χ0) is 26.2. The summed E-state index contributed by atoms with van der Waals surface area (Å²) < 4.78 is 42.8. The third-order valence-corrected chi connectivity index (χ3v) is 9.83. The number of ether oxygens (including phenoxy) is 2. The number of piperidine rings is 3. The summed E-state index contributed by atoms with van der Waals surface area (Å²) in [6, 6.07) is 14.0. The van der Waals surface area contributed by atoms with Crippen LogP contribution >= 0.6 is 43.2 Å². The Bertz CT molecular complexity index is 1280. The molecule has 0 aliphatic carbocycles. The number of quaternary nitrogens is 1. The third kappa shape index (κ3) is 6.00. The van der Waals surface area contributed by atoms with Gasteiger partial charge < -0.3 is 14.0 Å². The number of ketones is 1. The molecule has 0 radical (unpaired) electrons. The van der Waals surface area contributed by atoms with E-state index in [9.17, 15) is 13.6 Å². The second kappa shape index (κ2) is 11.0. The van der Waals surface area contributed by atoms with Gasteiger partial charge in [-0.1, -0.05) is 24.3 Å². The molecule has 0 unspecified atom stereocenters. The molecule has 3 aromatic rings. The number of hydrogen-bond donors (Lipinski definition) is 0. The van der Waals surface area contributed by atoms with Crippen LogP contribution in [0, 0.1) is 17.6 Å². The maximum absolute atomic E-state index is 14.0. The zero-order valence-electron chi connectivity index (χ0n) is 20.0. The van der Waals surface area contributed by atoms with E-state index in [1.54, 1.807) is 24.3 Å². The van der Waals surface area contributed by atoms with Gasteiger partial charge in [0.25, 0.3) is 5.95 Å². The second-order valence-corrected chi connectivity index (χ2v) is 13.0. The lowest BCUT2D eigenvalue weighted by Crippen LogP contribution is -2.65. The summed E-state index contributed by atoms with van der Waals surface area (Å²) in [6.45, 7) is 6.97. The Hall–Kier alpha value is -2.07. The van der Waals surface area contributed by atoms with Gasteiger partial charge in [-0.15, -0.1) is 11.3 Å². The smallest absolute Gasteiger partial charge is 0.272 e. The van der Waals surface area contributed by atoms with E-state index < -0.39 is 17.7 Å². The average molecular weight is 654 g/mol. The van der Waals surface area contributed by atoms with Crippen LogP contribution < -0.4 is 0 Å². The number of nitrogens with zero attached hydrogens (tertiary/aromatic N) is 1. The lowest BCUT2D eigenvalue weighted by atomic mass is 9.83. The molecule has 3 aliphatic rings. The number of carbonyl (C=O) groups excluding carboxylic acids is 1. The Morgan fingerprint density at radius 1 is 1.05 bits per heavy atom. The van der Waals surface area contributed by atoms with Crippen molar-refractivity contribution in [1.82, 2.24) is 0 Å². The van der Waals surface area contributed by atoms with Gasteiger partial charge in [0.15, 0.2) is 12.2 Å². The van der Waals surface area contributed by atoms with Crippen LogP contribution in [0.25, 0.3) is 0 Å². The van der Waals surface area contributed by atoms with Gasteiger partial charge in [-0.05, 0) is 79.9 Å². The van der Waals surface area contributed by atoms with Crippen LogP contribution in [0.15, 0.2) is 75.4 Å². The van der Waals surface area contributed by atoms with Crippen molar-refractivity contribution in [3.63, 3.8) is 0 Å². The fourth-order valence-corrected chi connectivity index (χ4v) is 8.05. The van der Waals surface area contributed by atoms with Gasteiger partial charge in [0, 0.05) is 23.2 Å². The van der Waals surface area contributed by atoms with Crippen molar-refractivity contribution in [1.29, 1.82) is 0 Å². The molecule has 3 fully saturated rings. The second-order valence-electron chi connectivity index (χ2n) is 9.75. The molecule has 2 aromatic carbocycles. The lowest BCUT2D eigenvalue weighted by molar-refractivity contribution is -0.938. The minimum atomic E-state index is -0.778. The van der Waals surface area contributed by atoms with Gasteiger partial charge in [0.1, 0.15) is 24.7 Å². The van der Waals surface area contributed by atoms with Gasteiger partial charge in [0.05, 0.1) is 21.8 Å². The molecular formula is C28H26Br2F2NO3S+. The monoisotopic (exact) mass is 652 g/mol. The van der Waals surface area contributed by atoms with E-state index in [2.05, 4.69) is 38.4 Å². The summed E-state index contributed by atoms with van der Waals surface area (Å²) >= 11 is 8.40. The number of hydrogen-bond acceptors (Lipinski definition) is 4. The van der Waals surface area contributed by atoms with Crippen LogP contribution in [0.2, 0.25) is 0 Å². The van der Waals surface area contributed by atoms with Crippen molar-refractivity contribution in [3.05, 3.63) is 103 Å². The van der Waals surface area contributed by atoms with Crippen molar-refractivity contribution in [2.24, 2.45) is 5.92 Å². The summed E-state index contributed by atoms with van der Waals surface area (Å²) in [4.78, 5) is 13.9. The highest BCUT2D eigenvalue weighted by Crippen LogP contribution is 2.39. The molecule has 0 saturated carbocycles. The van der Waals surface area contributed by atoms with E-state index in [-0.39, 0.29) is 17.8 Å². The fourth-order valence-electron chi connectivity index (χ4n) is 5.48. The van der Waals surface area contributed by atoms with Crippen molar-refractivity contribution in [2.75, 3.05) is 26.2 Å². The molecule has 4 nitrogen and oxygen atoms in total. The predicted molar refractivity (Wildman–Crippen MR) is 146 cm³/mol. The van der Waals surface area contributed by atoms with Gasteiger partial charge in [-0.2, -0.15) is 0 Å². The van der Waals surface area contributed by atoms with Gasteiger partial charge in [0.2, 0.25) is 5.78 Å². The van der Waals surface area contributed by atoms with Gasteiger partial charge in [-0.25, -0.2) is 8.78 Å². The normalized spacial score (nSPS) is 22.7. The van der Waals surface area contributed by atoms with Crippen LogP contribution in [-0.2, 0) is 9.47 Å². The minimum absolute atomic E-state index is 0.103. The highest BCUT2D eigenvalue weighted by Gasteiger charge is 2.48. The lowest BCUT2D eigenvalue weighted by Gasteiger charge is -2.51. The average Bonchev–Trinajstić information content (AvgIpc) is 3.21. The Balaban J connectivity index is 1.30. The molecule has 0 N–H and O–H groups in total. The molecule has 9 heteroatoms. The molecule has 1 atom stereocenters. The number of thiophene rings is 1. The van der Waals surface area contributed by atoms with Crippen LogP contribution in [-0.4, -0.2) is 42.5 Å². The van der Waals surface area contributed by atoms with Crippen LogP contribution in [0.4, 0.5) is 8.78 Å². The Morgan fingerprint density at radius 3 is 2.22 bits per heavy atom. The van der Waals surface area contributed by atoms with Crippen molar-refractivity contribution in [2.45, 2.75) is 25.0 Å². The highest BCUT2D eigenvalue weighted by molar-refractivity contribution is 9.11.